The summed E-state index contributed by atoms with van der Waals surface area (Å²) in [6.45, 7) is 0.709. The third-order valence-electron chi connectivity index (χ3n) is 1.13. The number of nitrogens with zero attached hydrogens (tertiary/aromatic N) is 1. The van der Waals surface area contributed by atoms with Gasteiger partial charge in [0, 0.05) is 0 Å². The van der Waals surface area contributed by atoms with E-state index >= 15 is 0 Å². The summed E-state index contributed by atoms with van der Waals surface area (Å²) in [5.41, 5.74) is 4.71. The van der Waals surface area contributed by atoms with Gasteiger partial charge < -0.3 is 20.7 Å². The Bertz CT molecular complexity index is 182. The van der Waals surface area contributed by atoms with Crippen molar-refractivity contribution in [3.05, 3.63) is 0 Å². The van der Waals surface area contributed by atoms with Gasteiger partial charge in [-0.25, -0.2) is 4.79 Å². The summed E-state index contributed by atoms with van der Waals surface area (Å²) in [5.74, 6) is -0.113. The topological polar surface area (TPSA) is 84.7 Å². The third kappa shape index (κ3) is 8.61. The van der Waals surface area contributed by atoms with Gasteiger partial charge in [-0.1, -0.05) is 0 Å². The first-order chi connectivity index (χ1) is 6.02. The number of rotatable bonds is 5. The Morgan fingerprint density at radius 1 is 1.46 bits per heavy atom. The number of nitrogens with one attached hydrogen (secondary N) is 1. The zero-order valence-corrected chi connectivity index (χ0v) is 7.87. The van der Waals surface area contributed by atoms with Gasteiger partial charge in [-0.15, -0.1) is 0 Å². The van der Waals surface area contributed by atoms with Crippen molar-refractivity contribution >= 4 is 12.0 Å². The van der Waals surface area contributed by atoms with Crippen molar-refractivity contribution < 1.29 is 14.3 Å². The Kier molecular flexibility index (Phi) is 5.62. The molecule has 2 amide bonds. The fourth-order valence-corrected chi connectivity index (χ4v) is 0.685. The summed E-state index contributed by atoms with van der Waals surface area (Å²) >= 11 is 0. The molecular weight excluding hydrogens is 174 g/mol. The quantitative estimate of drug-likeness (QED) is 0.530. The van der Waals surface area contributed by atoms with Gasteiger partial charge >= 0.3 is 6.09 Å². The van der Waals surface area contributed by atoms with E-state index < -0.39 is 6.09 Å². The third-order valence-corrected chi connectivity index (χ3v) is 1.13. The molecule has 0 bridgehead atoms. The summed E-state index contributed by atoms with van der Waals surface area (Å²) in [6, 6.07) is 0. The van der Waals surface area contributed by atoms with Gasteiger partial charge in [0.2, 0.25) is 5.91 Å². The van der Waals surface area contributed by atoms with E-state index in [0.717, 1.165) is 0 Å². The lowest BCUT2D eigenvalue weighted by Gasteiger charge is -2.09. The molecule has 13 heavy (non-hydrogen) atoms. The molecule has 0 heterocycles. The molecule has 0 fully saturated rings. The van der Waals surface area contributed by atoms with Crippen LogP contribution in [0.1, 0.15) is 0 Å². The first-order valence-corrected chi connectivity index (χ1v) is 3.86. The highest BCUT2D eigenvalue weighted by atomic mass is 16.5. The van der Waals surface area contributed by atoms with E-state index in [1.807, 2.05) is 0 Å². The van der Waals surface area contributed by atoms with Crippen LogP contribution in [0.5, 0.6) is 0 Å². The molecule has 0 rings (SSSR count). The minimum Gasteiger partial charge on any atom is -0.448 e. The van der Waals surface area contributed by atoms with Crippen LogP contribution in [0.2, 0.25) is 0 Å². The molecule has 76 valence electrons. The molecular formula is C7H15N3O3. The van der Waals surface area contributed by atoms with Gasteiger partial charge in [0.05, 0.1) is 13.1 Å². The van der Waals surface area contributed by atoms with Crippen molar-refractivity contribution in [1.29, 1.82) is 0 Å². The van der Waals surface area contributed by atoms with E-state index in [0.29, 0.717) is 6.54 Å². The maximum Gasteiger partial charge on any atom is 0.404 e. The predicted molar refractivity (Wildman–Crippen MR) is 47.1 cm³/mol. The van der Waals surface area contributed by atoms with Crippen molar-refractivity contribution in [3.63, 3.8) is 0 Å². The summed E-state index contributed by atoms with van der Waals surface area (Å²) < 4.78 is 4.41. The highest BCUT2D eigenvalue weighted by molar-refractivity contribution is 5.77. The SMILES string of the molecule is CN(C)CC(=O)NCCOC(N)=O. The normalized spacial score (nSPS) is 9.77. The van der Waals surface area contributed by atoms with Crippen LogP contribution in [0.3, 0.4) is 0 Å². The number of amides is 2. The summed E-state index contributed by atoms with van der Waals surface area (Å²) in [7, 11) is 3.58. The van der Waals surface area contributed by atoms with Crippen LogP contribution in [-0.4, -0.2) is 50.7 Å². The lowest BCUT2D eigenvalue weighted by atomic mass is 10.5. The average molecular weight is 189 g/mol. The molecule has 0 aliphatic heterocycles. The Labute approximate surface area is 77.0 Å². The lowest BCUT2D eigenvalue weighted by molar-refractivity contribution is -0.121. The van der Waals surface area contributed by atoms with E-state index in [4.69, 9.17) is 5.73 Å². The van der Waals surface area contributed by atoms with Crippen LogP contribution in [0.15, 0.2) is 0 Å². The van der Waals surface area contributed by atoms with Crippen molar-refractivity contribution in [2.24, 2.45) is 5.73 Å². The Balaban J connectivity index is 3.32. The largest absolute Gasteiger partial charge is 0.448 e. The summed E-state index contributed by atoms with van der Waals surface area (Å²) in [5, 5.41) is 2.56. The van der Waals surface area contributed by atoms with E-state index in [9.17, 15) is 9.59 Å². The molecule has 0 aliphatic rings. The maximum absolute atomic E-state index is 11.0. The predicted octanol–water partition coefficient (Wildman–Crippen LogP) is -1.24. The zero-order valence-electron chi connectivity index (χ0n) is 7.87. The van der Waals surface area contributed by atoms with Gasteiger partial charge in [-0.2, -0.15) is 0 Å². The second-order valence-electron chi connectivity index (χ2n) is 2.76. The van der Waals surface area contributed by atoms with Gasteiger partial charge in [0.1, 0.15) is 6.61 Å². The summed E-state index contributed by atoms with van der Waals surface area (Å²) in [4.78, 5) is 22.8. The second-order valence-corrected chi connectivity index (χ2v) is 2.76. The smallest absolute Gasteiger partial charge is 0.404 e. The molecule has 0 saturated heterocycles. The fourth-order valence-electron chi connectivity index (χ4n) is 0.685. The molecule has 0 aromatic heterocycles. The van der Waals surface area contributed by atoms with Crippen molar-refractivity contribution in [3.8, 4) is 0 Å². The number of carbonyl (C=O) groups excluding carboxylic acids is 2. The van der Waals surface area contributed by atoms with Crippen LogP contribution < -0.4 is 11.1 Å². The monoisotopic (exact) mass is 189 g/mol. The molecule has 3 N–H and O–H groups in total. The Morgan fingerprint density at radius 2 is 2.08 bits per heavy atom. The average Bonchev–Trinajstić information content (AvgIpc) is 1.96. The van der Waals surface area contributed by atoms with Crippen molar-refractivity contribution in [1.82, 2.24) is 10.2 Å². The van der Waals surface area contributed by atoms with E-state index in [1.165, 1.54) is 0 Å². The van der Waals surface area contributed by atoms with Crippen molar-refractivity contribution in [2.45, 2.75) is 0 Å². The molecule has 0 atom stereocenters. The first-order valence-electron chi connectivity index (χ1n) is 3.86. The van der Waals surface area contributed by atoms with Gasteiger partial charge in [0.15, 0.2) is 0 Å². The number of primary amides is 1. The van der Waals surface area contributed by atoms with Crippen LogP contribution in [-0.2, 0) is 9.53 Å². The molecule has 0 aromatic carbocycles. The van der Waals surface area contributed by atoms with Crippen molar-refractivity contribution in [2.75, 3.05) is 33.8 Å². The number of hydrogen-bond acceptors (Lipinski definition) is 4. The van der Waals surface area contributed by atoms with Crippen LogP contribution in [0.4, 0.5) is 4.79 Å². The highest BCUT2D eigenvalue weighted by Crippen LogP contribution is 1.75. The molecule has 0 saturated carbocycles. The van der Waals surface area contributed by atoms with Gasteiger partial charge in [-0.3, -0.25) is 4.79 Å². The Morgan fingerprint density at radius 3 is 2.54 bits per heavy atom. The minimum atomic E-state index is -0.832. The van der Waals surface area contributed by atoms with Crippen LogP contribution >= 0.6 is 0 Å². The van der Waals surface area contributed by atoms with Crippen LogP contribution in [0, 0.1) is 0 Å². The molecule has 0 spiro atoms. The zero-order chi connectivity index (χ0) is 10.3. The molecule has 0 unspecified atom stereocenters. The van der Waals surface area contributed by atoms with Gasteiger partial charge in [0.25, 0.3) is 0 Å². The highest BCUT2D eigenvalue weighted by Gasteiger charge is 2.01. The number of ether oxygens (including phenoxy) is 1. The van der Waals surface area contributed by atoms with Gasteiger partial charge in [-0.05, 0) is 14.1 Å². The standard InChI is InChI=1S/C7H15N3O3/c1-10(2)5-6(11)9-3-4-13-7(8)12/h3-5H2,1-2H3,(H2,8,12)(H,9,11). The fraction of sp³-hybridized carbons (Fsp3) is 0.714. The number of carbonyl (C=O) groups is 2. The molecule has 6 heteroatoms. The summed E-state index contributed by atoms with van der Waals surface area (Å²) in [6.07, 6.45) is -0.832. The van der Waals surface area contributed by atoms with E-state index in [2.05, 4.69) is 10.1 Å². The molecule has 0 aromatic rings. The maximum atomic E-state index is 11.0. The van der Waals surface area contributed by atoms with E-state index in [-0.39, 0.29) is 19.1 Å². The first kappa shape index (κ1) is 11.7. The second kappa shape index (κ2) is 6.24. The van der Waals surface area contributed by atoms with E-state index in [1.54, 1.807) is 19.0 Å². The Hall–Kier alpha value is -1.30. The number of nitrogens with two attached hydrogens (primary N) is 1. The van der Waals surface area contributed by atoms with Crippen LogP contribution in [0.25, 0.3) is 0 Å². The molecule has 0 aliphatic carbocycles. The minimum absolute atomic E-state index is 0.106. The number of likely N-dealkylation sites (N-methyl/N-ethyl adjacent to an activating group) is 1. The molecule has 0 radical (unpaired) electrons. The number of hydrogen-bond donors (Lipinski definition) is 2. The molecule has 6 nitrogen and oxygen atoms in total. The lowest BCUT2D eigenvalue weighted by Crippen LogP contribution is -2.35.